The molecule has 6 rings (SSSR count). The van der Waals surface area contributed by atoms with Gasteiger partial charge in [0.1, 0.15) is 5.76 Å². The van der Waals surface area contributed by atoms with E-state index in [1.54, 1.807) is 5.19 Å². The molecule has 0 bridgehead atoms. The molecule has 0 saturated carbocycles. The fourth-order valence-corrected chi connectivity index (χ4v) is 11.8. The van der Waals surface area contributed by atoms with Gasteiger partial charge in [-0.3, -0.25) is 4.79 Å². The van der Waals surface area contributed by atoms with Gasteiger partial charge in [-0.15, -0.1) is 0 Å². The summed E-state index contributed by atoms with van der Waals surface area (Å²) in [5.74, 6) is 0.286. The van der Waals surface area contributed by atoms with Crippen molar-refractivity contribution < 1.29 is 30.0 Å². The molecule has 3 heterocycles. The van der Waals surface area contributed by atoms with Crippen molar-refractivity contribution in [2.45, 2.75) is 80.3 Å². The Morgan fingerprint density at radius 2 is 1.52 bits per heavy atom. The van der Waals surface area contributed by atoms with Crippen molar-refractivity contribution in [3.05, 3.63) is 78.7 Å². The molecule has 0 amide bonds. The van der Waals surface area contributed by atoms with Crippen LogP contribution in [0.15, 0.2) is 72.6 Å². The Kier molecular flexibility index (Phi) is 10.3. The second-order valence-corrected chi connectivity index (χ2v) is 19.6. The molecule has 2 aliphatic rings. The summed E-state index contributed by atoms with van der Waals surface area (Å²) in [6.45, 7) is 17.0. The molecular formula is C38H44IrNO2SeSi-. The normalized spacial score (nSPS) is 14.5. The maximum atomic E-state index is 12.2. The van der Waals surface area contributed by atoms with E-state index in [4.69, 9.17) is 4.98 Å². The van der Waals surface area contributed by atoms with Crippen molar-refractivity contribution in [3.63, 3.8) is 0 Å². The summed E-state index contributed by atoms with van der Waals surface area (Å²) in [7, 11) is -1.65. The zero-order valence-electron chi connectivity index (χ0n) is 27.2. The van der Waals surface area contributed by atoms with Crippen LogP contribution in [0.4, 0.5) is 0 Å². The Bertz CT molecular complexity index is 1740. The van der Waals surface area contributed by atoms with Crippen molar-refractivity contribution in [1.82, 2.24) is 4.98 Å². The number of ketones is 1. The summed E-state index contributed by atoms with van der Waals surface area (Å²) < 4.78 is 2.91. The van der Waals surface area contributed by atoms with Crippen molar-refractivity contribution in [1.29, 1.82) is 0 Å². The quantitative estimate of drug-likeness (QED) is 0.0823. The van der Waals surface area contributed by atoms with E-state index in [1.165, 1.54) is 47.6 Å². The van der Waals surface area contributed by atoms with Crippen LogP contribution in [0.25, 0.3) is 33.2 Å². The van der Waals surface area contributed by atoms with Crippen LogP contribution in [0.2, 0.25) is 13.1 Å². The van der Waals surface area contributed by atoms with Gasteiger partial charge < -0.3 is 5.11 Å². The number of aliphatic hydroxyl groups excluding tert-OH is 1. The van der Waals surface area contributed by atoms with Crippen LogP contribution >= 0.6 is 0 Å². The molecule has 233 valence electrons. The minimum absolute atomic E-state index is 0. The van der Waals surface area contributed by atoms with Crippen molar-refractivity contribution in [2.24, 2.45) is 10.8 Å². The second-order valence-electron chi connectivity index (χ2n) is 13.0. The smallest absolute Gasteiger partial charge is 0 e. The average Bonchev–Trinajstić information content (AvgIpc) is 3.17. The van der Waals surface area contributed by atoms with E-state index in [1.807, 2.05) is 47.7 Å². The Morgan fingerprint density at radius 1 is 0.886 bits per heavy atom. The van der Waals surface area contributed by atoms with Crippen LogP contribution in [0.1, 0.15) is 67.2 Å². The standard InChI is InChI=1S/C23H16NSeSi.C15H28O2.Ir/c1-26(2)19-9-5-8-17-21(19)22-20(26)10-11-24-23(22)16-12-14-6-3-4-7-15(14)13-18(16)25-17;1-7-14(5,8-2)12(16)11-13(17)15(6,9-3)10-4;/h3-11,13H,1-2H3;11,16H,7-10H2,1-6H3;/q-1;;/b;12-11-;. The number of aromatic nitrogens is 1. The second kappa shape index (κ2) is 13.2. The summed E-state index contributed by atoms with van der Waals surface area (Å²) in [4.78, 5) is 17.1. The van der Waals surface area contributed by atoms with E-state index < -0.39 is 8.07 Å². The van der Waals surface area contributed by atoms with Crippen LogP contribution < -0.4 is 19.3 Å². The summed E-state index contributed by atoms with van der Waals surface area (Å²) in [6.07, 6.45) is 6.77. The van der Waals surface area contributed by atoms with Gasteiger partial charge in [-0.25, -0.2) is 0 Å². The first-order chi connectivity index (χ1) is 20.4. The Hall–Kier alpha value is -2.33. The summed E-state index contributed by atoms with van der Waals surface area (Å²) in [6, 6.07) is 23.9. The molecule has 44 heavy (non-hydrogen) atoms. The summed E-state index contributed by atoms with van der Waals surface area (Å²) in [5.41, 5.74) is 4.66. The van der Waals surface area contributed by atoms with E-state index in [0.29, 0.717) is 0 Å². The monoisotopic (exact) mass is 847 g/mol. The number of rotatable bonds is 7. The Labute approximate surface area is 284 Å². The van der Waals surface area contributed by atoms with Crippen LogP contribution in [0.5, 0.6) is 0 Å². The predicted molar refractivity (Wildman–Crippen MR) is 186 cm³/mol. The van der Waals surface area contributed by atoms with Gasteiger partial charge in [-0.05, 0) is 25.7 Å². The van der Waals surface area contributed by atoms with E-state index >= 15 is 0 Å². The van der Waals surface area contributed by atoms with Crippen molar-refractivity contribution >= 4 is 58.9 Å². The number of nitrogens with zero attached hydrogens (tertiary/aromatic N) is 1. The number of carbonyl (C=O) groups is 1. The predicted octanol–water partition coefficient (Wildman–Crippen LogP) is 7.12. The van der Waals surface area contributed by atoms with Crippen LogP contribution in [0.3, 0.4) is 0 Å². The Balaban J connectivity index is 0.000000218. The zero-order valence-corrected chi connectivity index (χ0v) is 32.3. The van der Waals surface area contributed by atoms with Crippen LogP contribution in [-0.2, 0) is 24.9 Å². The molecule has 0 saturated heterocycles. The molecule has 1 aromatic heterocycles. The van der Waals surface area contributed by atoms with Gasteiger partial charge in [0.25, 0.3) is 0 Å². The van der Waals surface area contributed by atoms with E-state index in [0.717, 1.165) is 31.4 Å². The number of pyridine rings is 1. The molecule has 6 heteroatoms. The third kappa shape index (κ3) is 5.85. The molecule has 2 aliphatic heterocycles. The first kappa shape index (κ1) is 34.5. The van der Waals surface area contributed by atoms with Crippen molar-refractivity contribution in [2.75, 3.05) is 0 Å². The van der Waals surface area contributed by atoms with Gasteiger partial charge >= 0.3 is 160 Å². The largest absolute Gasteiger partial charge is 0 e. The van der Waals surface area contributed by atoms with Gasteiger partial charge in [0.15, 0.2) is 5.78 Å². The zero-order chi connectivity index (χ0) is 31.2. The molecule has 0 fully saturated rings. The molecule has 4 aromatic rings. The third-order valence-corrected chi connectivity index (χ3v) is 16.2. The fraction of sp³-hybridized carbons (Fsp3) is 0.368. The minimum atomic E-state index is -1.65. The molecule has 0 aliphatic carbocycles. The van der Waals surface area contributed by atoms with E-state index in [2.05, 4.69) is 73.8 Å². The SMILES string of the molecule is CCC(C)(CC)C(=O)/C=C(\O)C(C)(CC)CC.C[Si]1(C)c2cccc3c2-c2c1ccnc2-c1[c-]c2ccccc2cc1[Se]3.[Ir]. The molecule has 0 atom stereocenters. The van der Waals surface area contributed by atoms with Gasteiger partial charge in [0.05, 0.1) is 0 Å². The van der Waals surface area contributed by atoms with E-state index in [-0.39, 0.29) is 57.4 Å². The fourth-order valence-electron chi connectivity index (χ4n) is 6.17. The van der Waals surface area contributed by atoms with Gasteiger partial charge in [-0.2, -0.15) is 0 Å². The van der Waals surface area contributed by atoms with E-state index in [9.17, 15) is 9.90 Å². The van der Waals surface area contributed by atoms with Gasteiger partial charge in [-0.1, -0.05) is 41.5 Å². The summed E-state index contributed by atoms with van der Waals surface area (Å²) >= 11 is 0.272. The third-order valence-electron chi connectivity index (χ3n) is 10.4. The first-order valence-corrected chi connectivity index (χ1v) is 20.4. The topological polar surface area (TPSA) is 50.2 Å². The molecule has 0 unspecified atom stereocenters. The number of fused-ring (bicyclic) bond motifs is 3. The molecule has 3 nitrogen and oxygen atoms in total. The molecular weight excluding hydrogens is 802 g/mol. The number of carbonyl (C=O) groups excluding carboxylic acids is 1. The summed E-state index contributed by atoms with van der Waals surface area (Å²) in [5, 5.41) is 15.7. The first-order valence-electron chi connectivity index (χ1n) is 15.7. The molecule has 1 radical (unpaired) electrons. The Morgan fingerprint density at radius 3 is 2.18 bits per heavy atom. The number of aliphatic hydroxyl groups is 1. The van der Waals surface area contributed by atoms with Crippen LogP contribution in [0, 0.1) is 16.9 Å². The minimum Gasteiger partial charge on any atom is 0 e. The molecule has 1 N–H and O–H groups in total. The van der Waals surface area contributed by atoms with Gasteiger partial charge in [0.2, 0.25) is 0 Å². The van der Waals surface area contributed by atoms with Crippen molar-refractivity contribution in [3.8, 4) is 22.4 Å². The number of allylic oxidation sites excluding steroid dienone is 2. The van der Waals surface area contributed by atoms with Gasteiger partial charge in [0, 0.05) is 37.0 Å². The average molecular weight is 846 g/mol. The molecule has 3 aromatic carbocycles. The number of benzene rings is 3. The number of hydrogen-bond donors (Lipinski definition) is 1. The maximum Gasteiger partial charge on any atom is 0 e. The van der Waals surface area contributed by atoms with Crippen LogP contribution in [-0.4, -0.2) is 38.9 Å². The number of hydrogen-bond acceptors (Lipinski definition) is 3. The maximum absolute atomic E-state index is 12.2. The molecule has 0 spiro atoms.